The number of unbranched alkanes of at least 4 members (excludes halogenated alkanes) is 1. The zero-order chi connectivity index (χ0) is 12.5. The van der Waals surface area contributed by atoms with E-state index in [2.05, 4.69) is 0 Å². The monoisotopic (exact) mass is 255 g/mol. The molecule has 1 amide bonds. The highest BCUT2D eigenvalue weighted by Gasteiger charge is 2.13. The number of amides is 1. The fourth-order valence-corrected chi connectivity index (χ4v) is 1.75. The molecule has 3 nitrogen and oxygen atoms in total. The molecule has 4 heteroatoms. The third-order valence-electron chi connectivity index (χ3n) is 2.46. The van der Waals surface area contributed by atoms with Crippen molar-refractivity contribution in [3.63, 3.8) is 0 Å². The summed E-state index contributed by atoms with van der Waals surface area (Å²) in [6.45, 7) is 1.25. The predicted molar refractivity (Wildman–Crippen MR) is 69.2 cm³/mol. The summed E-state index contributed by atoms with van der Waals surface area (Å²) >= 11 is 5.62. The Kier molecular flexibility index (Phi) is 6.48. The van der Waals surface area contributed by atoms with Crippen LogP contribution in [0.15, 0.2) is 30.3 Å². The molecule has 1 rings (SSSR count). The second-order valence-corrected chi connectivity index (χ2v) is 4.15. The van der Waals surface area contributed by atoms with Gasteiger partial charge in [-0.2, -0.15) is 0 Å². The van der Waals surface area contributed by atoms with Crippen molar-refractivity contribution in [2.75, 3.05) is 19.5 Å². The summed E-state index contributed by atoms with van der Waals surface area (Å²) in [6, 6.07) is 9.88. The van der Waals surface area contributed by atoms with Gasteiger partial charge in [0.05, 0.1) is 7.11 Å². The first-order valence-corrected chi connectivity index (χ1v) is 6.24. The zero-order valence-electron chi connectivity index (χ0n) is 10.1. The van der Waals surface area contributed by atoms with Crippen LogP contribution in [0.2, 0.25) is 0 Å². The van der Waals surface area contributed by atoms with E-state index in [-0.39, 0.29) is 6.09 Å². The molecule has 1 aromatic carbocycles. The number of nitrogens with zero attached hydrogens (tertiary/aromatic N) is 1. The van der Waals surface area contributed by atoms with Crippen LogP contribution < -0.4 is 0 Å². The van der Waals surface area contributed by atoms with Crippen molar-refractivity contribution in [2.45, 2.75) is 19.4 Å². The lowest BCUT2D eigenvalue weighted by Crippen LogP contribution is -2.31. The van der Waals surface area contributed by atoms with Crippen molar-refractivity contribution in [3.8, 4) is 0 Å². The van der Waals surface area contributed by atoms with Gasteiger partial charge in [-0.15, -0.1) is 11.6 Å². The lowest BCUT2D eigenvalue weighted by atomic mass is 10.2. The summed E-state index contributed by atoms with van der Waals surface area (Å²) in [4.78, 5) is 13.3. The molecule has 0 spiro atoms. The Morgan fingerprint density at radius 2 is 2.00 bits per heavy atom. The van der Waals surface area contributed by atoms with Gasteiger partial charge in [-0.1, -0.05) is 30.3 Å². The average molecular weight is 256 g/mol. The van der Waals surface area contributed by atoms with Gasteiger partial charge in [0.2, 0.25) is 0 Å². The first-order chi connectivity index (χ1) is 8.27. The highest BCUT2D eigenvalue weighted by atomic mass is 35.5. The number of halogens is 1. The van der Waals surface area contributed by atoms with E-state index in [0.29, 0.717) is 19.0 Å². The summed E-state index contributed by atoms with van der Waals surface area (Å²) in [5.74, 6) is 0.625. The molecule has 0 saturated carbocycles. The van der Waals surface area contributed by atoms with Gasteiger partial charge in [-0.25, -0.2) is 4.79 Å². The maximum Gasteiger partial charge on any atom is 0.409 e. The molecule has 0 radical (unpaired) electrons. The van der Waals surface area contributed by atoms with Gasteiger partial charge in [0.25, 0.3) is 0 Å². The Bertz CT molecular complexity index is 329. The van der Waals surface area contributed by atoms with E-state index in [1.54, 1.807) is 4.90 Å². The Labute approximate surface area is 107 Å². The third-order valence-corrected chi connectivity index (χ3v) is 2.73. The minimum absolute atomic E-state index is 0.288. The summed E-state index contributed by atoms with van der Waals surface area (Å²) in [5.41, 5.74) is 1.10. The quantitative estimate of drug-likeness (QED) is 0.577. The number of carbonyl (C=O) groups is 1. The molecular formula is C13H18ClNO2. The lowest BCUT2D eigenvalue weighted by Gasteiger charge is -2.21. The van der Waals surface area contributed by atoms with Crippen molar-refractivity contribution >= 4 is 17.7 Å². The number of carbonyl (C=O) groups excluding carboxylic acids is 1. The van der Waals surface area contributed by atoms with Crippen molar-refractivity contribution in [1.29, 1.82) is 0 Å². The molecule has 0 bridgehead atoms. The molecule has 0 fully saturated rings. The largest absolute Gasteiger partial charge is 0.453 e. The van der Waals surface area contributed by atoms with Crippen LogP contribution in [0.5, 0.6) is 0 Å². The molecule has 0 aliphatic heterocycles. The van der Waals surface area contributed by atoms with Crippen LogP contribution in [-0.2, 0) is 11.3 Å². The highest BCUT2D eigenvalue weighted by molar-refractivity contribution is 6.17. The first kappa shape index (κ1) is 13.8. The second-order valence-electron chi connectivity index (χ2n) is 3.77. The van der Waals surface area contributed by atoms with E-state index in [1.165, 1.54) is 7.11 Å². The van der Waals surface area contributed by atoms with Gasteiger partial charge in [0.1, 0.15) is 0 Å². The van der Waals surface area contributed by atoms with Gasteiger partial charge in [-0.3, -0.25) is 0 Å². The van der Waals surface area contributed by atoms with E-state index in [4.69, 9.17) is 16.3 Å². The van der Waals surface area contributed by atoms with Crippen LogP contribution >= 0.6 is 11.6 Å². The molecule has 0 aliphatic rings. The van der Waals surface area contributed by atoms with Gasteiger partial charge in [0, 0.05) is 19.0 Å². The fraction of sp³-hybridized carbons (Fsp3) is 0.462. The molecule has 0 aromatic heterocycles. The summed E-state index contributed by atoms with van der Waals surface area (Å²) < 4.78 is 4.77. The van der Waals surface area contributed by atoms with Crippen LogP contribution in [0.4, 0.5) is 4.79 Å². The number of alkyl halides is 1. The minimum Gasteiger partial charge on any atom is -0.453 e. The SMILES string of the molecule is COC(=O)N(CCCCCl)Cc1ccccc1. The molecule has 17 heavy (non-hydrogen) atoms. The minimum atomic E-state index is -0.288. The van der Waals surface area contributed by atoms with E-state index < -0.39 is 0 Å². The molecule has 0 N–H and O–H groups in total. The maximum atomic E-state index is 11.6. The zero-order valence-corrected chi connectivity index (χ0v) is 10.8. The van der Waals surface area contributed by atoms with Crippen molar-refractivity contribution in [3.05, 3.63) is 35.9 Å². The molecule has 94 valence electrons. The Morgan fingerprint density at radius 3 is 2.59 bits per heavy atom. The van der Waals surface area contributed by atoms with Crippen LogP contribution in [0.1, 0.15) is 18.4 Å². The fourth-order valence-electron chi connectivity index (χ4n) is 1.56. The average Bonchev–Trinajstić information content (AvgIpc) is 2.38. The molecule has 0 heterocycles. The predicted octanol–water partition coefficient (Wildman–Crippen LogP) is 3.27. The number of ether oxygens (including phenoxy) is 1. The van der Waals surface area contributed by atoms with E-state index in [1.807, 2.05) is 30.3 Å². The van der Waals surface area contributed by atoms with E-state index in [0.717, 1.165) is 18.4 Å². The standard InChI is InChI=1S/C13H18ClNO2/c1-17-13(16)15(10-6-5-9-14)11-12-7-3-2-4-8-12/h2-4,7-8H,5-6,9-11H2,1H3. The van der Waals surface area contributed by atoms with Crippen LogP contribution in [0.25, 0.3) is 0 Å². The molecule has 1 aromatic rings. The lowest BCUT2D eigenvalue weighted by molar-refractivity contribution is 0.120. The van der Waals surface area contributed by atoms with Gasteiger partial charge < -0.3 is 9.64 Å². The Balaban J connectivity index is 2.54. The van der Waals surface area contributed by atoms with Gasteiger partial charge in [0.15, 0.2) is 0 Å². The summed E-state index contributed by atoms with van der Waals surface area (Å²) in [7, 11) is 1.40. The normalized spacial score (nSPS) is 10.0. The van der Waals surface area contributed by atoms with Gasteiger partial charge in [-0.05, 0) is 18.4 Å². The smallest absolute Gasteiger partial charge is 0.409 e. The molecule has 0 saturated heterocycles. The molecule has 0 aliphatic carbocycles. The van der Waals surface area contributed by atoms with Crippen LogP contribution in [0.3, 0.4) is 0 Å². The van der Waals surface area contributed by atoms with Crippen molar-refractivity contribution in [2.24, 2.45) is 0 Å². The second kappa shape index (κ2) is 7.96. The number of benzene rings is 1. The topological polar surface area (TPSA) is 29.5 Å². The number of hydrogen-bond donors (Lipinski definition) is 0. The Hall–Kier alpha value is -1.22. The molecule has 0 unspecified atom stereocenters. The first-order valence-electron chi connectivity index (χ1n) is 5.70. The van der Waals surface area contributed by atoms with Gasteiger partial charge >= 0.3 is 6.09 Å². The van der Waals surface area contributed by atoms with E-state index in [9.17, 15) is 4.79 Å². The van der Waals surface area contributed by atoms with Crippen LogP contribution in [-0.4, -0.2) is 30.5 Å². The summed E-state index contributed by atoms with van der Waals surface area (Å²) in [6.07, 6.45) is 1.51. The third kappa shape index (κ3) is 5.09. The highest BCUT2D eigenvalue weighted by Crippen LogP contribution is 2.07. The number of methoxy groups -OCH3 is 1. The summed E-state index contributed by atoms with van der Waals surface area (Å²) in [5, 5.41) is 0. The maximum absolute atomic E-state index is 11.6. The Morgan fingerprint density at radius 1 is 1.29 bits per heavy atom. The molecular weight excluding hydrogens is 238 g/mol. The van der Waals surface area contributed by atoms with Crippen molar-refractivity contribution in [1.82, 2.24) is 4.90 Å². The number of rotatable bonds is 6. The molecule has 0 atom stereocenters. The van der Waals surface area contributed by atoms with Crippen LogP contribution in [0, 0.1) is 0 Å². The van der Waals surface area contributed by atoms with E-state index >= 15 is 0 Å². The van der Waals surface area contributed by atoms with Crippen molar-refractivity contribution < 1.29 is 9.53 Å². The number of hydrogen-bond acceptors (Lipinski definition) is 2.